The van der Waals surface area contributed by atoms with E-state index in [1.165, 1.54) is 24.0 Å². The van der Waals surface area contributed by atoms with Crippen molar-refractivity contribution in [3.8, 4) is 5.75 Å². The number of aryl methyl sites for hydroxylation is 2. The average molecular weight is 192 g/mol. The molecule has 0 amide bonds. The zero-order chi connectivity index (χ0) is 10.4. The number of hydrogen-bond acceptors (Lipinski definition) is 1. The van der Waals surface area contributed by atoms with Crippen LogP contribution in [0.4, 0.5) is 0 Å². The Hall–Kier alpha value is -0.980. The third-order valence-electron chi connectivity index (χ3n) is 2.34. The van der Waals surface area contributed by atoms with Crippen LogP contribution in [0.2, 0.25) is 0 Å². The molecule has 1 aromatic rings. The predicted octanol–water partition coefficient (Wildman–Crippen LogP) is 3.60. The van der Waals surface area contributed by atoms with E-state index in [2.05, 4.69) is 32.0 Å². The topological polar surface area (TPSA) is 9.23 Å². The number of hydrogen-bond donors (Lipinski definition) is 0. The van der Waals surface area contributed by atoms with Gasteiger partial charge in [0.15, 0.2) is 0 Å². The molecule has 0 aromatic heterocycles. The fraction of sp³-hybridized carbons (Fsp3) is 0.538. The summed E-state index contributed by atoms with van der Waals surface area (Å²) in [4.78, 5) is 0. The lowest BCUT2D eigenvalue weighted by Gasteiger charge is -2.10. The van der Waals surface area contributed by atoms with E-state index in [9.17, 15) is 0 Å². The minimum Gasteiger partial charge on any atom is -0.494 e. The van der Waals surface area contributed by atoms with Gasteiger partial charge in [0.1, 0.15) is 5.75 Å². The number of rotatable bonds is 5. The van der Waals surface area contributed by atoms with E-state index in [4.69, 9.17) is 4.74 Å². The Kier molecular flexibility index (Phi) is 4.51. The van der Waals surface area contributed by atoms with Gasteiger partial charge in [0.05, 0.1) is 6.61 Å². The molecule has 0 aliphatic rings. The zero-order valence-corrected chi connectivity index (χ0v) is 9.47. The number of benzene rings is 1. The lowest BCUT2D eigenvalue weighted by molar-refractivity contribution is 0.336. The average Bonchev–Trinajstić information content (AvgIpc) is 2.21. The van der Waals surface area contributed by atoms with Gasteiger partial charge in [-0.25, -0.2) is 0 Å². The monoisotopic (exact) mass is 192 g/mol. The quantitative estimate of drug-likeness (QED) is 0.692. The van der Waals surface area contributed by atoms with E-state index < -0.39 is 0 Å². The van der Waals surface area contributed by atoms with Gasteiger partial charge in [-0.3, -0.25) is 0 Å². The van der Waals surface area contributed by atoms with Gasteiger partial charge in [-0.1, -0.05) is 32.4 Å². The molecule has 0 aliphatic carbocycles. The van der Waals surface area contributed by atoms with Crippen LogP contribution in [0.1, 0.15) is 38.3 Å². The maximum absolute atomic E-state index is 5.56. The summed E-state index contributed by atoms with van der Waals surface area (Å²) in [6, 6.07) is 6.55. The first-order valence-electron chi connectivity index (χ1n) is 5.56. The van der Waals surface area contributed by atoms with Crippen molar-refractivity contribution in [1.29, 1.82) is 0 Å². The minimum atomic E-state index is 0.750. The maximum Gasteiger partial charge on any atom is 0.122 e. The molecule has 0 spiro atoms. The van der Waals surface area contributed by atoms with Crippen LogP contribution in [-0.2, 0) is 12.8 Å². The Morgan fingerprint density at radius 3 is 2.50 bits per heavy atom. The van der Waals surface area contributed by atoms with Gasteiger partial charge in [-0.2, -0.15) is 0 Å². The molecule has 0 aliphatic heterocycles. The SMILES string of the molecule is CCCc1ccc(OCC)c(CC)c1. The molecule has 0 unspecified atom stereocenters. The van der Waals surface area contributed by atoms with E-state index in [1.807, 2.05) is 6.92 Å². The van der Waals surface area contributed by atoms with Crippen LogP contribution in [0, 0.1) is 0 Å². The van der Waals surface area contributed by atoms with Crippen molar-refractivity contribution in [1.82, 2.24) is 0 Å². The Morgan fingerprint density at radius 2 is 1.93 bits per heavy atom. The lowest BCUT2D eigenvalue weighted by atomic mass is 10.0. The Bertz CT molecular complexity index is 279. The fourth-order valence-electron chi connectivity index (χ4n) is 1.65. The molecule has 0 heterocycles. The molecule has 0 N–H and O–H groups in total. The van der Waals surface area contributed by atoms with E-state index in [1.54, 1.807) is 0 Å². The molecule has 1 nitrogen and oxygen atoms in total. The van der Waals surface area contributed by atoms with E-state index in [0.29, 0.717) is 0 Å². The van der Waals surface area contributed by atoms with Crippen molar-refractivity contribution < 1.29 is 4.74 Å². The predicted molar refractivity (Wildman–Crippen MR) is 61.0 cm³/mol. The first kappa shape index (κ1) is 11.1. The fourth-order valence-corrected chi connectivity index (χ4v) is 1.65. The third-order valence-corrected chi connectivity index (χ3v) is 2.34. The molecule has 0 radical (unpaired) electrons. The van der Waals surface area contributed by atoms with Crippen molar-refractivity contribution in [3.63, 3.8) is 0 Å². The Balaban J connectivity index is 2.87. The first-order valence-corrected chi connectivity index (χ1v) is 5.56. The molecule has 1 heteroatoms. The minimum absolute atomic E-state index is 0.750. The van der Waals surface area contributed by atoms with Crippen molar-refractivity contribution in [2.24, 2.45) is 0 Å². The van der Waals surface area contributed by atoms with Crippen LogP contribution in [0.5, 0.6) is 5.75 Å². The van der Waals surface area contributed by atoms with Gasteiger partial charge < -0.3 is 4.74 Å². The summed E-state index contributed by atoms with van der Waals surface area (Å²) in [5.41, 5.74) is 2.76. The van der Waals surface area contributed by atoms with Gasteiger partial charge in [0, 0.05) is 0 Å². The normalized spacial score (nSPS) is 10.2. The van der Waals surface area contributed by atoms with Crippen molar-refractivity contribution in [2.45, 2.75) is 40.0 Å². The Morgan fingerprint density at radius 1 is 1.14 bits per heavy atom. The second kappa shape index (κ2) is 5.69. The highest BCUT2D eigenvalue weighted by molar-refractivity contribution is 5.37. The van der Waals surface area contributed by atoms with Crippen LogP contribution in [0.3, 0.4) is 0 Å². The molecule has 0 fully saturated rings. The summed E-state index contributed by atoms with van der Waals surface area (Å²) in [7, 11) is 0. The zero-order valence-electron chi connectivity index (χ0n) is 9.47. The van der Waals surface area contributed by atoms with E-state index in [0.717, 1.165) is 18.8 Å². The smallest absolute Gasteiger partial charge is 0.122 e. The summed E-state index contributed by atoms with van der Waals surface area (Å²) in [5.74, 6) is 1.05. The number of ether oxygens (including phenoxy) is 1. The standard InChI is InChI=1S/C13H20O/c1-4-7-11-8-9-13(14-6-3)12(5-2)10-11/h8-10H,4-7H2,1-3H3. The van der Waals surface area contributed by atoms with Gasteiger partial charge >= 0.3 is 0 Å². The highest BCUT2D eigenvalue weighted by Crippen LogP contribution is 2.21. The molecule has 0 saturated heterocycles. The molecule has 1 aromatic carbocycles. The van der Waals surface area contributed by atoms with Gasteiger partial charge in [0.25, 0.3) is 0 Å². The molecule has 1 rings (SSSR count). The molecule has 78 valence electrons. The lowest BCUT2D eigenvalue weighted by Crippen LogP contribution is -1.97. The summed E-state index contributed by atoms with van der Waals surface area (Å²) < 4.78 is 5.56. The van der Waals surface area contributed by atoms with Crippen LogP contribution < -0.4 is 4.74 Å². The molecular formula is C13H20O. The van der Waals surface area contributed by atoms with Crippen LogP contribution in [-0.4, -0.2) is 6.61 Å². The molecule has 0 bridgehead atoms. The van der Waals surface area contributed by atoms with Crippen LogP contribution >= 0.6 is 0 Å². The van der Waals surface area contributed by atoms with Crippen LogP contribution in [0.25, 0.3) is 0 Å². The summed E-state index contributed by atoms with van der Waals surface area (Å²) in [6.45, 7) is 7.16. The molecule has 0 atom stereocenters. The molecule has 14 heavy (non-hydrogen) atoms. The van der Waals surface area contributed by atoms with Gasteiger partial charge in [0.2, 0.25) is 0 Å². The van der Waals surface area contributed by atoms with Gasteiger partial charge in [-0.15, -0.1) is 0 Å². The van der Waals surface area contributed by atoms with Crippen molar-refractivity contribution in [3.05, 3.63) is 29.3 Å². The van der Waals surface area contributed by atoms with E-state index in [-0.39, 0.29) is 0 Å². The summed E-state index contributed by atoms with van der Waals surface area (Å²) >= 11 is 0. The molecular weight excluding hydrogens is 172 g/mol. The summed E-state index contributed by atoms with van der Waals surface area (Å²) in [6.07, 6.45) is 3.42. The van der Waals surface area contributed by atoms with Crippen molar-refractivity contribution >= 4 is 0 Å². The first-order chi connectivity index (χ1) is 6.81. The third kappa shape index (κ3) is 2.76. The highest BCUT2D eigenvalue weighted by atomic mass is 16.5. The Labute approximate surface area is 87.1 Å². The second-order valence-electron chi connectivity index (χ2n) is 3.48. The second-order valence-corrected chi connectivity index (χ2v) is 3.48. The van der Waals surface area contributed by atoms with Crippen molar-refractivity contribution in [2.75, 3.05) is 6.61 Å². The summed E-state index contributed by atoms with van der Waals surface area (Å²) in [5, 5.41) is 0. The largest absolute Gasteiger partial charge is 0.494 e. The van der Waals surface area contributed by atoms with E-state index >= 15 is 0 Å². The molecule has 0 saturated carbocycles. The van der Waals surface area contributed by atoms with Crippen LogP contribution in [0.15, 0.2) is 18.2 Å². The van der Waals surface area contributed by atoms with Gasteiger partial charge in [-0.05, 0) is 37.0 Å². The maximum atomic E-state index is 5.56. The highest BCUT2D eigenvalue weighted by Gasteiger charge is 2.02.